The van der Waals surface area contributed by atoms with Gasteiger partial charge in [-0.1, -0.05) is 29.8 Å². The zero-order valence-corrected chi connectivity index (χ0v) is 8.72. The first-order valence-corrected chi connectivity index (χ1v) is 5.30. The lowest BCUT2D eigenvalue weighted by atomic mass is 9.86. The molecule has 0 heterocycles. The van der Waals surface area contributed by atoms with Gasteiger partial charge in [0.25, 0.3) is 0 Å². The summed E-state index contributed by atoms with van der Waals surface area (Å²) >= 11 is 0. The zero-order chi connectivity index (χ0) is 9.97. The number of allylic oxidation sites excluding steroid dienone is 1. The molecule has 0 saturated carbocycles. The molecule has 74 valence electrons. The van der Waals surface area contributed by atoms with Crippen molar-refractivity contribution >= 4 is 5.57 Å². The van der Waals surface area contributed by atoms with E-state index in [1.807, 2.05) is 0 Å². The SMILES string of the molecule is Cc1ccc2c(c1)/C(=C/CN)CCC2. The Bertz CT molecular complexity index is 363. The van der Waals surface area contributed by atoms with Crippen molar-refractivity contribution in [2.75, 3.05) is 6.54 Å². The zero-order valence-electron chi connectivity index (χ0n) is 8.72. The molecule has 1 aromatic carbocycles. The number of rotatable bonds is 1. The van der Waals surface area contributed by atoms with Gasteiger partial charge in [-0.3, -0.25) is 0 Å². The Kier molecular flexibility index (Phi) is 2.69. The van der Waals surface area contributed by atoms with E-state index >= 15 is 0 Å². The van der Waals surface area contributed by atoms with Crippen molar-refractivity contribution in [3.63, 3.8) is 0 Å². The Balaban J connectivity index is 2.47. The Morgan fingerprint density at radius 3 is 3.00 bits per heavy atom. The third-order valence-electron chi connectivity index (χ3n) is 2.87. The van der Waals surface area contributed by atoms with Crippen molar-refractivity contribution in [1.82, 2.24) is 0 Å². The first-order chi connectivity index (χ1) is 6.81. The summed E-state index contributed by atoms with van der Waals surface area (Å²) in [6.45, 7) is 2.80. The highest BCUT2D eigenvalue weighted by Crippen LogP contribution is 2.30. The summed E-state index contributed by atoms with van der Waals surface area (Å²) in [7, 11) is 0. The maximum Gasteiger partial charge on any atom is 0.0112 e. The van der Waals surface area contributed by atoms with Crippen LogP contribution in [-0.2, 0) is 6.42 Å². The van der Waals surface area contributed by atoms with Gasteiger partial charge < -0.3 is 5.73 Å². The van der Waals surface area contributed by atoms with Crippen LogP contribution in [0.5, 0.6) is 0 Å². The van der Waals surface area contributed by atoms with Crippen molar-refractivity contribution in [2.24, 2.45) is 5.73 Å². The molecule has 2 N–H and O–H groups in total. The monoisotopic (exact) mass is 187 g/mol. The van der Waals surface area contributed by atoms with Crippen molar-refractivity contribution in [2.45, 2.75) is 26.2 Å². The van der Waals surface area contributed by atoms with Gasteiger partial charge in [-0.05, 0) is 42.9 Å². The van der Waals surface area contributed by atoms with E-state index in [2.05, 4.69) is 31.2 Å². The molecule has 0 amide bonds. The highest BCUT2D eigenvalue weighted by Gasteiger charge is 2.12. The van der Waals surface area contributed by atoms with E-state index < -0.39 is 0 Å². The van der Waals surface area contributed by atoms with E-state index in [1.165, 1.54) is 41.5 Å². The molecule has 0 aliphatic heterocycles. The summed E-state index contributed by atoms with van der Waals surface area (Å²) in [5.74, 6) is 0. The molecule has 0 saturated heterocycles. The smallest absolute Gasteiger partial charge is 0.0112 e. The predicted molar refractivity (Wildman–Crippen MR) is 61.1 cm³/mol. The van der Waals surface area contributed by atoms with Gasteiger partial charge in [0.05, 0.1) is 0 Å². The maximum atomic E-state index is 5.58. The quantitative estimate of drug-likeness (QED) is 0.718. The van der Waals surface area contributed by atoms with E-state index in [-0.39, 0.29) is 0 Å². The van der Waals surface area contributed by atoms with Gasteiger partial charge in [-0.2, -0.15) is 0 Å². The lowest BCUT2D eigenvalue weighted by Crippen LogP contribution is -2.04. The number of hydrogen-bond donors (Lipinski definition) is 1. The first kappa shape index (κ1) is 9.47. The molecule has 1 aliphatic rings. The molecule has 0 spiro atoms. The fourth-order valence-electron chi connectivity index (χ4n) is 2.17. The van der Waals surface area contributed by atoms with Gasteiger partial charge in [0, 0.05) is 6.54 Å². The second-order valence-electron chi connectivity index (χ2n) is 3.98. The molecule has 2 rings (SSSR count). The van der Waals surface area contributed by atoms with Crippen LogP contribution < -0.4 is 5.73 Å². The minimum absolute atomic E-state index is 0.655. The normalized spacial score (nSPS) is 18.3. The molecular weight excluding hydrogens is 170 g/mol. The molecule has 0 atom stereocenters. The topological polar surface area (TPSA) is 26.0 Å². The first-order valence-electron chi connectivity index (χ1n) is 5.30. The van der Waals surface area contributed by atoms with E-state index in [9.17, 15) is 0 Å². The van der Waals surface area contributed by atoms with Crippen LogP contribution in [0.15, 0.2) is 24.3 Å². The lowest BCUT2D eigenvalue weighted by Gasteiger charge is -2.19. The number of fused-ring (bicyclic) bond motifs is 1. The molecule has 1 aliphatic carbocycles. The van der Waals surface area contributed by atoms with Gasteiger partial charge in [0.2, 0.25) is 0 Å². The molecule has 1 nitrogen and oxygen atoms in total. The number of nitrogens with two attached hydrogens (primary N) is 1. The fourth-order valence-corrected chi connectivity index (χ4v) is 2.17. The third-order valence-corrected chi connectivity index (χ3v) is 2.87. The number of aryl methyl sites for hydroxylation is 2. The Hall–Kier alpha value is -1.08. The van der Waals surface area contributed by atoms with E-state index in [0.717, 1.165) is 0 Å². The average Bonchev–Trinajstić information content (AvgIpc) is 2.19. The summed E-state index contributed by atoms with van der Waals surface area (Å²) < 4.78 is 0. The number of hydrogen-bond acceptors (Lipinski definition) is 1. The van der Waals surface area contributed by atoms with Crippen LogP contribution in [-0.4, -0.2) is 6.54 Å². The van der Waals surface area contributed by atoms with Crippen LogP contribution in [0.2, 0.25) is 0 Å². The molecule has 0 fully saturated rings. The maximum absolute atomic E-state index is 5.58. The molecule has 1 aromatic rings. The molecular formula is C13H17N. The lowest BCUT2D eigenvalue weighted by molar-refractivity contribution is 0.819. The molecule has 0 bridgehead atoms. The average molecular weight is 187 g/mol. The molecule has 0 radical (unpaired) electrons. The van der Waals surface area contributed by atoms with E-state index in [4.69, 9.17) is 5.73 Å². The summed E-state index contributed by atoms with van der Waals surface area (Å²) in [5.41, 5.74) is 11.3. The summed E-state index contributed by atoms with van der Waals surface area (Å²) in [5, 5.41) is 0. The van der Waals surface area contributed by atoms with Crippen LogP contribution in [0.4, 0.5) is 0 Å². The van der Waals surface area contributed by atoms with Gasteiger partial charge in [0.15, 0.2) is 0 Å². The Morgan fingerprint density at radius 1 is 1.36 bits per heavy atom. The summed E-state index contributed by atoms with van der Waals surface area (Å²) in [6, 6.07) is 6.74. The second-order valence-corrected chi connectivity index (χ2v) is 3.98. The highest BCUT2D eigenvalue weighted by molar-refractivity contribution is 5.70. The Labute approximate surface area is 85.6 Å². The number of benzene rings is 1. The van der Waals surface area contributed by atoms with Crippen LogP contribution in [0.1, 0.15) is 29.5 Å². The second kappa shape index (κ2) is 3.97. The molecule has 14 heavy (non-hydrogen) atoms. The fraction of sp³-hybridized carbons (Fsp3) is 0.385. The minimum atomic E-state index is 0.655. The standard InChI is InChI=1S/C13H17N/c1-10-5-6-11-3-2-4-12(7-8-14)13(11)9-10/h5-7,9H,2-4,8,14H2,1H3/b12-7+. The van der Waals surface area contributed by atoms with Crippen molar-refractivity contribution in [1.29, 1.82) is 0 Å². The van der Waals surface area contributed by atoms with Crippen molar-refractivity contribution < 1.29 is 0 Å². The van der Waals surface area contributed by atoms with Gasteiger partial charge in [-0.15, -0.1) is 0 Å². The molecule has 0 unspecified atom stereocenters. The summed E-state index contributed by atoms with van der Waals surface area (Å²) in [6.07, 6.45) is 5.84. The van der Waals surface area contributed by atoms with Gasteiger partial charge in [0.1, 0.15) is 0 Å². The third kappa shape index (κ3) is 1.73. The van der Waals surface area contributed by atoms with E-state index in [1.54, 1.807) is 0 Å². The van der Waals surface area contributed by atoms with Crippen LogP contribution in [0.25, 0.3) is 5.57 Å². The summed E-state index contributed by atoms with van der Waals surface area (Å²) in [4.78, 5) is 0. The Morgan fingerprint density at radius 2 is 2.21 bits per heavy atom. The van der Waals surface area contributed by atoms with Gasteiger partial charge in [-0.25, -0.2) is 0 Å². The predicted octanol–water partition coefficient (Wildman–Crippen LogP) is 2.67. The largest absolute Gasteiger partial charge is 0.327 e. The minimum Gasteiger partial charge on any atom is -0.327 e. The van der Waals surface area contributed by atoms with Gasteiger partial charge >= 0.3 is 0 Å². The molecule has 0 aromatic heterocycles. The van der Waals surface area contributed by atoms with Crippen molar-refractivity contribution in [3.8, 4) is 0 Å². The van der Waals surface area contributed by atoms with E-state index in [0.29, 0.717) is 6.54 Å². The van der Waals surface area contributed by atoms with Crippen molar-refractivity contribution in [3.05, 3.63) is 41.0 Å². The highest BCUT2D eigenvalue weighted by atomic mass is 14.5. The van der Waals surface area contributed by atoms with Crippen LogP contribution >= 0.6 is 0 Å². The molecule has 1 heteroatoms. The van der Waals surface area contributed by atoms with Crippen LogP contribution in [0, 0.1) is 6.92 Å². The van der Waals surface area contributed by atoms with Crippen LogP contribution in [0.3, 0.4) is 0 Å².